The number of pyridine rings is 1. The number of ether oxygens (including phenoxy) is 2. The van der Waals surface area contributed by atoms with Crippen LogP contribution in [-0.2, 0) is 9.47 Å². The number of nitrogens with one attached hydrogen (secondary N) is 1. The van der Waals surface area contributed by atoms with E-state index in [0.717, 1.165) is 32.6 Å². The summed E-state index contributed by atoms with van der Waals surface area (Å²) < 4.78 is 10.3. The summed E-state index contributed by atoms with van der Waals surface area (Å²) in [4.78, 5) is 18.2. The van der Waals surface area contributed by atoms with Gasteiger partial charge in [0.15, 0.2) is 0 Å². The molecule has 0 spiro atoms. The molecule has 1 aromatic rings. The van der Waals surface area contributed by atoms with E-state index in [0.29, 0.717) is 35.1 Å². The van der Waals surface area contributed by atoms with Crippen molar-refractivity contribution in [2.24, 2.45) is 0 Å². The number of carbonyl (C=O) groups is 1. The number of esters is 1. The Hall–Kier alpha value is -1.37. The Kier molecular flexibility index (Phi) is 11.4. The second kappa shape index (κ2) is 13.0. The zero-order chi connectivity index (χ0) is 21.1. The minimum atomic E-state index is -0.388. The summed E-state index contributed by atoms with van der Waals surface area (Å²) in [5.74, 6) is -0.388. The van der Waals surface area contributed by atoms with Crippen molar-refractivity contribution in [1.29, 1.82) is 0 Å². The topological polar surface area (TPSA) is 63.7 Å². The fraction of sp³-hybridized carbons (Fsp3) is 0.714. The van der Waals surface area contributed by atoms with Crippen LogP contribution < -0.4 is 5.32 Å². The monoisotopic (exact) mass is 413 g/mol. The molecule has 1 saturated heterocycles. The van der Waals surface area contributed by atoms with Crippen LogP contribution in [0.25, 0.3) is 0 Å². The summed E-state index contributed by atoms with van der Waals surface area (Å²) in [6.45, 7) is 15.9. The lowest BCUT2D eigenvalue weighted by atomic mass is 10.1. The Morgan fingerprint density at radius 2 is 1.89 bits per heavy atom. The van der Waals surface area contributed by atoms with Gasteiger partial charge < -0.3 is 14.8 Å². The number of aromatic nitrogens is 1. The maximum Gasteiger partial charge on any atom is 0.341 e. The maximum atomic E-state index is 11.8. The maximum absolute atomic E-state index is 11.8. The number of rotatable bonds is 7. The van der Waals surface area contributed by atoms with Crippen LogP contribution in [0, 0.1) is 0 Å². The van der Waals surface area contributed by atoms with Crippen LogP contribution in [0.1, 0.15) is 64.7 Å². The standard InChI is InChI=1S/C13H17ClN2O3.C8H19N/c1-2-19-13(17)10-8-15-12(14)7-11(10)16-9-3-5-18-6-4-9;1-6-9(7(2)3)8(4)5/h7-9H,2-6H2,1H3,(H,15,16);7-8H,6H2,1-5H3. The Labute approximate surface area is 174 Å². The second-order valence-corrected chi connectivity index (χ2v) is 7.71. The highest BCUT2D eigenvalue weighted by molar-refractivity contribution is 6.29. The number of hydrogen-bond donors (Lipinski definition) is 1. The summed E-state index contributed by atoms with van der Waals surface area (Å²) in [6.07, 6.45) is 3.26. The van der Waals surface area contributed by atoms with Crippen LogP contribution >= 0.6 is 11.6 Å². The molecule has 28 heavy (non-hydrogen) atoms. The van der Waals surface area contributed by atoms with Gasteiger partial charge >= 0.3 is 5.97 Å². The summed E-state index contributed by atoms with van der Waals surface area (Å²) >= 11 is 5.89. The fourth-order valence-electron chi connectivity index (χ4n) is 3.31. The number of carbonyl (C=O) groups excluding carboxylic acids is 1. The lowest BCUT2D eigenvalue weighted by molar-refractivity contribution is 0.0527. The number of hydrogen-bond acceptors (Lipinski definition) is 6. The average molecular weight is 414 g/mol. The third-order valence-electron chi connectivity index (χ3n) is 4.64. The van der Waals surface area contributed by atoms with E-state index in [4.69, 9.17) is 21.1 Å². The molecule has 0 amide bonds. The summed E-state index contributed by atoms with van der Waals surface area (Å²) in [6, 6.07) is 3.31. The van der Waals surface area contributed by atoms with Gasteiger partial charge in [0, 0.05) is 37.5 Å². The SMILES string of the molecule is CCN(C(C)C)C(C)C.CCOC(=O)c1cnc(Cl)cc1NC1CCOCC1. The molecule has 1 N–H and O–H groups in total. The third-order valence-corrected chi connectivity index (χ3v) is 4.85. The van der Waals surface area contributed by atoms with Crippen LogP contribution in [-0.4, -0.2) is 60.3 Å². The Balaban J connectivity index is 0.000000370. The third kappa shape index (κ3) is 8.33. The zero-order valence-electron chi connectivity index (χ0n) is 18.1. The van der Waals surface area contributed by atoms with E-state index >= 15 is 0 Å². The zero-order valence-corrected chi connectivity index (χ0v) is 18.9. The molecule has 6 nitrogen and oxygen atoms in total. The molecule has 160 valence electrons. The van der Waals surface area contributed by atoms with Gasteiger partial charge in [0.25, 0.3) is 0 Å². The van der Waals surface area contributed by atoms with E-state index in [1.54, 1.807) is 13.0 Å². The highest BCUT2D eigenvalue weighted by Crippen LogP contribution is 2.23. The molecule has 0 unspecified atom stereocenters. The van der Waals surface area contributed by atoms with Crippen LogP contribution in [0.15, 0.2) is 12.3 Å². The average Bonchev–Trinajstić information content (AvgIpc) is 2.63. The molecule has 1 fully saturated rings. The number of halogens is 1. The van der Waals surface area contributed by atoms with Crippen molar-refractivity contribution in [1.82, 2.24) is 9.88 Å². The Morgan fingerprint density at radius 3 is 2.36 bits per heavy atom. The normalized spacial score (nSPS) is 14.8. The molecule has 1 aliphatic rings. The fourth-order valence-corrected chi connectivity index (χ4v) is 3.47. The summed E-state index contributed by atoms with van der Waals surface area (Å²) in [7, 11) is 0. The molecule has 0 aromatic carbocycles. The van der Waals surface area contributed by atoms with Gasteiger partial charge in [0.2, 0.25) is 0 Å². The first-order valence-corrected chi connectivity index (χ1v) is 10.6. The molecule has 0 saturated carbocycles. The van der Waals surface area contributed by atoms with E-state index < -0.39 is 0 Å². The van der Waals surface area contributed by atoms with Crippen molar-refractivity contribution in [3.8, 4) is 0 Å². The van der Waals surface area contributed by atoms with Gasteiger partial charge in [-0.1, -0.05) is 18.5 Å². The molecular formula is C21H36ClN3O3. The van der Waals surface area contributed by atoms with Crippen LogP contribution in [0.3, 0.4) is 0 Å². The van der Waals surface area contributed by atoms with E-state index in [2.05, 4.69) is 49.8 Å². The van der Waals surface area contributed by atoms with Gasteiger partial charge in [0.05, 0.1) is 12.3 Å². The second-order valence-electron chi connectivity index (χ2n) is 7.32. The summed E-state index contributed by atoms with van der Waals surface area (Å²) in [5.41, 5.74) is 1.09. The molecule has 1 aliphatic heterocycles. The highest BCUT2D eigenvalue weighted by atomic mass is 35.5. The largest absolute Gasteiger partial charge is 0.462 e. The molecule has 0 atom stereocenters. The lowest BCUT2D eigenvalue weighted by Gasteiger charge is -2.28. The Bertz CT molecular complexity index is 582. The minimum absolute atomic E-state index is 0.278. The highest BCUT2D eigenvalue weighted by Gasteiger charge is 2.19. The molecule has 2 rings (SSSR count). The van der Waals surface area contributed by atoms with Crippen molar-refractivity contribution >= 4 is 23.3 Å². The van der Waals surface area contributed by atoms with Crippen molar-refractivity contribution in [3.05, 3.63) is 23.0 Å². The van der Waals surface area contributed by atoms with E-state index in [9.17, 15) is 4.79 Å². The molecule has 1 aromatic heterocycles. The molecule has 0 radical (unpaired) electrons. The molecule has 0 aliphatic carbocycles. The predicted octanol–water partition coefficient (Wildman–Crippen LogP) is 4.63. The van der Waals surface area contributed by atoms with Gasteiger partial charge in [-0.15, -0.1) is 0 Å². The van der Waals surface area contributed by atoms with Gasteiger partial charge in [-0.25, -0.2) is 9.78 Å². The van der Waals surface area contributed by atoms with Crippen LogP contribution in [0.4, 0.5) is 5.69 Å². The first kappa shape index (κ1) is 24.7. The van der Waals surface area contributed by atoms with Gasteiger partial charge in [-0.2, -0.15) is 0 Å². The van der Waals surface area contributed by atoms with Crippen molar-refractivity contribution in [3.63, 3.8) is 0 Å². The molecular weight excluding hydrogens is 378 g/mol. The van der Waals surface area contributed by atoms with Crippen LogP contribution in [0.5, 0.6) is 0 Å². The first-order valence-electron chi connectivity index (χ1n) is 10.2. The quantitative estimate of drug-likeness (QED) is 0.519. The smallest absolute Gasteiger partial charge is 0.341 e. The van der Waals surface area contributed by atoms with Crippen molar-refractivity contribution < 1.29 is 14.3 Å². The van der Waals surface area contributed by atoms with E-state index in [1.807, 2.05) is 0 Å². The van der Waals surface area contributed by atoms with Crippen molar-refractivity contribution in [2.75, 3.05) is 31.7 Å². The van der Waals surface area contributed by atoms with Crippen molar-refractivity contribution in [2.45, 2.75) is 72.5 Å². The first-order chi connectivity index (χ1) is 13.3. The van der Waals surface area contributed by atoms with Crippen LogP contribution in [0.2, 0.25) is 5.15 Å². The predicted molar refractivity (Wildman–Crippen MR) is 115 cm³/mol. The molecule has 0 bridgehead atoms. The number of nitrogens with zero attached hydrogens (tertiary/aromatic N) is 2. The van der Waals surface area contributed by atoms with Gasteiger partial charge in [-0.3, -0.25) is 4.90 Å². The van der Waals surface area contributed by atoms with Gasteiger partial charge in [0.1, 0.15) is 10.7 Å². The minimum Gasteiger partial charge on any atom is -0.462 e. The molecule has 2 heterocycles. The lowest BCUT2D eigenvalue weighted by Crippen LogP contribution is -2.36. The number of anilines is 1. The molecule has 7 heteroatoms. The summed E-state index contributed by atoms with van der Waals surface area (Å²) in [5, 5.41) is 3.67. The van der Waals surface area contributed by atoms with E-state index in [1.165, 1.54) is 6.20 Å². The Morgan fingerprint density at radius 1 is 1.29 bits per heavy atom. The van der Waals surface area contributed by atoms with E-state index in [-0.39, 0.29) is 12.0 Å². The van der Waals surface area contributed by atoms with Gasteiger partial charge in [-0.05, 0) is 60.1 Å².